The van der Waals surface area contributed by atoms with Gasteiger partial charge >= 0.3 is 5.97 Å². The molecule has 1 unspecified atom stereocenters. The fraction of sp³-hybridized carbons (Fsp3) is 0.364. The first kappa shape index (κ1) is 25.8. The number of aromatic nitrogens is 1. The molecule has 0 spiro atoms. The summed E-state index contributed by atoms with van der Waals surface area (Å²) >= 11 is 5.78. The molecule has 0 aliphatic carbocycles. The number of hydrogen-bond donors (Lipinski definition) is 1. The predicted octanol–water partition coefficient (Wildman–Crippen LogP) is 2.99. The topological polar surface area (TPSA) is 120 Å². The molecule has 1 aromatic heterocycles. The van der Waals surface area contributed by atoms with Crippen LogP contribution in [-0.2, 0) is 25.3 Å². The van der Waals surface area contributed by atoms with E-state index in [0.717, 1.165) is 24.9 Å². The highest BCUT2D eigenvalue weighted by Crippen LogP contribution is 2.39. The number of ether oxygens (including phenoxy) is 1. The molecule has 1 aliphatic heterocycles. The van der Waals surface area contributed by atoms with Crippen LogP contribution >= 0.6 is 11.6 Å². The van der Waals surface area contributed by atoms with Crippen LogP contribution in [0.2, 0.25) is 5.02 Å². The Morgan fingerprint density at radius 1 is 1.31 bits per heavy atom. The van der Waals surface area contributed by atoms with Gasteiger partial charge in [-0.1, -0.05) is 23.7 Å². The van der Waals surface area contributed by atoms with E-state index in [2.05, 4.69) is 9.71 Å². The molecule has 0 saturated carbocycles. The lowest BCUT2D eigenvalue weighted by Gasteiger charge is -2.35. The van der Waals surface area contributed by atoms with Crippen molar-refractivity contribution < 1.29 is 23.4 Å². The number of pyridine rings is 1. The van der Waals surface area contributed by atoms with Crippen molar-refractivity contribution in [2.45, 2.75) is 42.7 Å². The number of sulfonamides is 1. The van der Waals surface area contributed by atoms with Gasteiger partial charge < -0.3 is 10.2 Å². The van der Waals surface area contributed by atoms with Crippen LogP contribution in [0.3, 0.4) is 0 Å². The summed E-state index contributed by atoms with van der Waals surface area (Å²) in [5.41, 5.74) is 0.106. The van der Waals surface area contributed by atoms with Gasteiger partial charge in [0.2, 0.25) is 0 Å². The zero-order valence-corrected chi connectivity index (χ0v) is 19.4. The van der Waals surface area contributed by atoms with Crippen molar-refractivity contribution >= 4 is 27.6 Å². The Balaban J connectivity index is 0.00000363. The molecule has 8 nitrogen and oxygen atoms in total. The average molecular weight is 482 g/mol. The van der Waals surface area contributed by atoms with Gasteiger partial charge in [0.25, 0.3) is 10.0 Å². The third kappa shape index (κ3) is 6.29. The van der Waals surface area contributed by atoms with Crippen molar-refractivity contribution in [3.05, 3.63) is 71.7 Å². The van der Waals surface area contributed by atoms with Crippen molar-refractivity contribution in [1.82, 2.24) is 14.6 Å². The molecule has 1 fully saturated rings. The fourth-order valence-electron chi connectivity index (χ4n) is 3.58. The molecule has 1 saturated heterocycles. The van der Waals surface area contributed by atoms with Crippen LogP contribution in [0.5, 0.6) is 0 Å². The summed E-state index contributed by atoms with van der Waals surface area (Å²) < 4.78 is 32.7. The summed E-state index contributed by atoms with van der Waals surface area (Å²) in [4.78, 5) is 18.9. The SMILES string of the molecule is CN1CCCC1(OC(=O)CCCC=CNS(=O)(=O)c1ccc(Cl)cc1)c1cccnc1.O. The number of allylic oxidation sites excluding steroid dienone is 1. The maximum atomic E-state index is 12.5. The monoisotopic (exact) mass is 481 g/mol. The van der Waals surface area contributed by atoms with Gasteiger partial charge in [0.1, 0.15) is 0 Å². The minimum atomic E-state index is -3.64. The van der Waals surface area contributed by atoms with E-state index in [1.165, 1.54) is 30.5 Å². The second kappa shape index (κ2) is 11.4. The Morgan fingerprint density at radius 3 is 2.69 bits per heavy atom. The summed E-state index contributed by atoms with van der Waals surface area (Å²) in [6.07, 6.45) is 9.48. The van der Waals surface area contributed by atoms with E-state index in [-0.39, 0.29) is 22.8 Å². The summed E-state index contributed by atoms with van der Waals surface area (Å²) in [5.74, 6) is -0.284. The van der Waals surface area contributed by atoms with E-state index >= 15 is 0 Å². The molecule has 3 rings (SSSR count). The molecular weight excluding hydrogens is 454 g/mol. The Labute approximate surface area is 193 Å². The highest BCUT2D eigenvalue weighted by molar-refractivity contribution is 7.89. The number of carbonyl (C=O) groups excluding carboxylic acids is 1. The maximum Gasteiger partial charge on any atom is 0.307 e. The molecule has 0 amide bonds. The van der Waals surface area contributed by atoms with E-state index in [4.69, 9.17) is 16.3 Å². The Kier molecular flexibility index (Phi) is 9.21. The highest BCUT2D eigenvalue weighted by Gasteiger charge is 2.44. The molecule has 3 N–H and O–H groups in total. The van der Waals surface area contributed by atoms with E-state index in [1.807, 2.05) is 24.1 Å². The van der Waals surface area contributed by atoms with Crippen molar-refractivity contribution in [1.29, 1.82) is 0 Å². The summed E-state index contributed by atoms with van der Waals surface area (Å²) in [6.45, 7) is 0.846. The van der Waals surface area contributed by atoms with E-state index < -0.39 is 15.7 Å². The molecule has 10 heteroatoms. The first-order chi connectivity index (χ1) is 14.8. The van der Waals surface area contributed by atoms with Crippen molar-refractivity contribution in [3.8, 4) is 0 Å². The number of hydrogen-bond acceptors (Lipinski definition) is 6. The minimum Gasteiger partial charge on any atom is -0.439 e. The Bertz CT molecular complexity index is 1020. The van der Waals surface area contributed by atoms with E-state index in [1.54, 1.807) is 18.5 Å². The van der Waals surface area contributed by atoms with Gasteiger partial charge in [0.05, 0.1) is 4.90 Å². The lowest BCUT2D eigenvalue weighted by atomic mass is 10.0. The molecule has 2 heterocycles. The number of unbranched alkanes of at least 4 members (excludes halogenated alkanes) is 1. The molecule has 1 atom stereocenters. The number of rotatable bonds is 9. The average Bonchev–Trinajstić information content (AvgIpc) is 3.12. The first-order valence-corrected chi connectivity index (χ1v) is 12.0. The predicted molar refractivity (Wildman–Crippen MR) is 122 cm³/mol. The van der Waals surface area contributed by atoms with Crippen LogP contribution in [0.1, 0.15) is 37.7 Å². The van der Waals surface area contributed by atoms with Crippen LogP contribution in [0.4, 0.5) is 0 Å². The lowest BCUT2D eigenvalue weighted by Crippen LogP contribution is -2.42. The second-order valence-electron chi connectivity index (χ2n) is 7.40. The van der Waals surface area contributed by atoms with Crippen LogP contribution in [0.15, 0.2) is 66.0 Å². The Hall–Kier alpha value is -2.46. The number of carbonyl (C=O) groups is 1. The number of halogens is 1. The number of esters is 1. The van der Waals surface area contributed by atoms with Crippen LogP contribution in [0.25, 0.3) is 0 Å². The van der Waals surface area contributed by atoms with Crippen LogP contribution < -0.4 is 4.72 Å². The summed E-state index contributed by atoms with van der Waals surface area (Å²) in [5, 5.41) is 0.468. The highest BCUT2D eigenvalue weighted by atomic mass is 35.5. The molecule has 174 valence electrons. The first-order valence-electron chi connectivity index (χ1n) is 10.1. The summed E-state index contributed by atoms with van der Waals surface area (Å²) in [6, 6.07) is 9.68. The van der Waals surface area contributed by atoms with Crippen LogP contribution in [0, 0.1) is 0 Å². The largest absolute Gasteiger partial charge is 0.439 e. The zero-order valence-electron chi connectivity index (χ0n) is 17.8. The van der Waals surface area contributed by atoms with E-state index in [9.17, 15) is 13.2 Å². The number of nitrogens with one attached hydrogen (secondary N) is 1. The molecule has 1 aromatic carbocycles. The van der Waals surface area contributed by atoms with Gasteiger partial charge in [-0.2, -0.15) is 0 Å². The van der Waals surface area contributed by atoms with E-state index in [0.29, 0.717) is 17.9 Å². The van der Waals surface area contributed by atoms with Crippen molar-refractivity contribution in [2.75, 3.05) is 13.6 Å². The third-order valence-corrected chi connectivity index (χ3v) is 6.83. The fourth-order valence-corrected chi connectivity index (χ4v) is 4.61. The van der Waals surface area contributed by atoms with Gasteiger partial charge in [-0.05, 0) is 56.6 Å². The van der Waals surface area contributed by atoms with Gasteiger partial charge in [-0.25, -0.2) is 8.42 Å². The number of likely N-dealkylation sites (tertiary alicyclic amines) is 1. The second-order valence-corrected chi connectivity index (χ2v) is 9.55. The molecule has 32 heavy (non-hydrogen) atoms. The normalized spacial score (nSPS) is 18.9. The van der Waals surface area contributed by atoms with Gasteiger partial charge in [-0.15, -0.1) is 0 Å². The number of benzene rings is 1. The maximum absolute atomic E-state index is 12.5. The smallest absolute Gasteiger partial charge is 0.307 e. The Morgan fingerprint density at radius 2 is 2.06 bits per heavy atom. The summed E-state index contributed by atoms with van der Waals surface area (Å²) in [7, 11) is -1.69. The standard InChI is InChI=1S/C22H26ClN3O4S.H2O/c1-26-16-6-13-22(26,18-7-5-14-24-17-18)30-21(27)8-3-2-4-15-25-31(28,29)20-11-9-19(23)10-12-20;/h4-5,7,9-12,14-15,17,25H,2-3,6,8,13,16H2,1H3;1H2. The number of nitrogens with zero attached hydrogens (tertiary/aromatic N) is 2. The van der Waals surface area contributed by atoms with Crippen molar-refractivity contribution in [2.24, 2.45) is 0 Å². The van der Waals surface area contributed by atoms with Crippen molar-refractivity contribution in [3.63, 3.8) is 0 Å². The van der Waals surface area contributed by atoms with Gasteiger partial charge in [0, 0.05) is 48.6 Å². The molecule has 2 aromatic rings. The molecule has 1 aliphatic rings. The van der Waals surface area contributed by atoms with Crippen LogP contribution in [-0.4, -0.2) is 43.3 Å². The van der Waals surface area contributed by atoms with Gasteiger partial charge in [-0.3, -0.25) is 19.4 Å². The minimum absolute atomic E-state index is 0. The third-order valence-electron chi connectivity index (χ3n) is 5.24. The zero-order chi connectivity index (χ0) is 22.3. The van der Waals surface area contributed by atoms with Gasteiger partial charge in [0.15, 0.2) is 5.72 Å². The quantitative estimate of drug-likeness (QED) is 0.434. The lowest BCUT2D eigenvalue weighted by molar-refractivity contribution is -0.179. The molecule has 0 bridgehead atoms. The molecular formula is C22H28ClN3O5S. The molecule has 0 radical (unpaired) electrons.